The Balaban J connectivity index is 4.36. The van der Waals surface area contributed by atoms with Crippen molar-refractivity contribution in [2.45, 2.75) is 290 Å². The predicted octanol–water partition coefficient (Wildman–Crippen LogP) is 21.0. The van der Waals surface area contributed by atoms with Crippen molar-refractivity contribution in [1.82, 2.24) is 0 Å². The van der Waals surface area contributed by atoms with Gasteiger partial charge in [-0.15, -0.1) is 0 Å². The average Bonchev–Trinajstić information content (AvgIpc) is 3.40. The van der Waals surface area contributed by atoms with Crippen molar-refractivity contribution in [3.05, 3.63) is 109 Å². The molecule has 0 saturated carbocycles. The van der Waals surface area contributed by atoms with Crippen LogP contribution in [0.3, 0.4) is 0 Å². The number of allylic oxidation sites excluding steroid dienone is 18. The summed E-state index contributed by atoms with van der Waals surface area (Å²) in [5.41, 5.74) is 0. The van der Waals surface area contributed by atoms with Crippen LogP contribution in [0.5, 0.6) is 0 Å². The highest BCUT2D eigenvalue weighted by molar-refractivity contribution is 5.71. The van der Waals surface area contributed by atoms with Crippen LogP contribution in [0.4, 0.5) is 0 Å². The van der Waals surface area contributed by atoms with E-state index in [0.717, 1.165) is 122 Å². The van der Waals surface area contributed by atoms with Crippen molar-refractivity contribution < 1.29 is 28.6 Å². The van der Waals surface area contributed by atoms with Crippen molar-refractivity contribution in [3.8, 4) is 0 Å². The minimum absolute atomic E-state index is 0.0930. The maximum absolute atomic E-state index is 12.9. The van der Waals surface area contributed by atoms with E-state index < -0.39 is 6.10 Å². The third-order valence-corrected chi connectivity index (χ3v) is 13.0. The number of carbonyl (C=O) groups excluding carboxylic acids is 3. The van der Waals surface area contributed by atoms with E-state index in [4.69, 9.17) is 14.2 Å². The summed E-state index contributed by atoms with van der Waals surface area (Å²) < 4.78 is 16.9. The molecule has 0 aromatic heterocycles. The quantitative estimate of drug-likeness (QED) is 0.0261. The Bertz CT molecular complexity index is 1510. The molecule has 74 heavy (non-hydrogen) atoms. The third-order valence-electron chi connectivity index (χ3n) is 13.0. The Kier molecular flexibility index (Phi) is 58.3. The summed E-state index contributed by atoms with van der Waals surface area (Å²) in [5, 5.41) is 0. The first-order chi connectivity index (χ1) is 36.5. The van der Waals surface area contributed by atoms with Crippen molar-refractivity contribution in [3.63, 3.8) is 0 Å². The molecule has 0 aliphatic carbocycles. The summed E-state index contributed by atoms with van der Waals surface area (Å²) in [6.45, 7) is 6.39. The van der Waals surface area contributed by atoms with E-state index in [1.54, 1.807) is 0 Å². The summed E-state index contributed by atoms with van der Waals surface area (Å²) >= 11 is 0. The first-order valence-electron chi connectivity index (χ1n) is 30.9. The van der Waals surface area contributed by atoms with E-state index in [-0.39, 0.29) is 31.1 Å². The van der Waals surface area contributed by atoms with Gasteiger partial charge < -0.3 is 14.2 Å². The van der Waals surface area contributed by atoms with Crippen LogP contribution in [-0.4, -0.2) is 37.2 Å². The summed E-state index contributed by atoms with van der Waals surface area (Å²) in [7, 11) is 0. The Morgan fingerprint density at radius 1 is 0.284 bits per heavy atom. The highest BCUT2D eigenvalue weighted by Gasteiger charge is 2.19. The molecule has 0 amide bonds. The van der Waals surface area contributed by atoms with E-state index >= 15 is 0 Å². The van der Waals surface area contributed by atoms with Gasteiger partial charge in [-0.05, 0) is 122 Å². The molecule has 0 heterocycles. The van der Waals surface area contributed by atoms with E-state index in [2.05, 4.69) is 130 Å². The van der Waals surface area contributed by atoms with E-state index in [1.807, 2.05) is 0 Å². The molecule has 0 rings (SSSR count). The SMILES string of the molecule is CC/C=C\C/C=C\C/C=C\C/C=C\C/C=C\CCCCCCCCCCCC(=O)OCC(COC(=O)CCCCC/C=C\C/C=C\C/C=C\CC)OC(=O)CCCCCCCCC/C=C\CCCCCCCCC. The number of rotatable bonds is 55. The smallest absolute Gasteiger partial charge is 0.306 e. The number of hydrogen-bond donors (Lipinski definition) is 0. The molecular formula is C68H114O6. The zero-order valence-corrected chi connectivity index (χ0v) is 48.3. The summed E-state index contributed by atoms with van der Waals surface area (Å²) in [4.78, 5) is 38.2. The van der Waals surface area contributed by atoms with E-state index in [9.17, 15) is 14.4 Å². The van der Waals surface area contributed by atoms with Gasteiger partial charge in [0, 0.05) is 19.3 Å². The molecule has 0 aromatic rings. The molecule has 0 spiro atoms. The summed E-state index contributed by atoms with van der Waals surface area (Å²) in [5.74, 6) is -0.929. The highest BCUT2D eigenvalue weighted by atomic mass is 16.6. The molecule has 0 saturated heterocycles. The number of unbranched alkanes of at least 4 members (excludes halogenated alkanes) is 26. The monoisotopic (exact) mass is 1030 g/mol. The van der Waals surface area contributed by atoms with Gasteiger partial charge >= 0.3 is 17.9 Å². The lowest BCUT2D eigenvalue weighted by molar-refractivity contribution is -0.167. The lowest BCUT2D eigenvalue weighted by Crippen LogP contribution is -2.30. The second-order valence-corrected chi connectivity index (χ2v) is 20.2. The highest BCUT2D eigenvalue weighted by Crippen LogP contribution is 2.15. The molecule has 0 aliphatic rings. The Morgan fingerprint density at radius 3 is 0.851 bits per heavy atom. The summed E-state index contributed by atoms with van der Waals surface area (Å²) in [6.07, 6.45) is 83.8. The van der Waals surface area contributed by atoms with Crippen LogP contribution in [0.2, 0.25) is 0 Å². The predicted molar refractivity (Wildman–Crippen MR) is 320 cm³/mol. The topological polar surface area (TPSA) is 78.9 Å². The Hall–Kier alpha value is -3.93. The second kappa shape index (κ2) is 61.6. The van der Waals surface area contributed by atoms with E-state index in [0.29, 0.717) is 19.3 Å². The van der Waals surface area contributed by atoms with Gasteiger partial charge in [-0.1, -0.05) is 252 Å². The van der Waals surface area contributed by atoms with Gasteiger partial charge in [0.1, 0.15) is 13.2 Å². The molecule has 1 atom stereocenters. The van der Waals surface area contributed by atoms with Gasteiger partial charge in [0.15, 0.2) is 6.10 Å². The largest absolute Gasteiger partial charge is 0.462 e. The Morgan fingerprint density at radius 2 is 0.527 bits per heavy atom. The molecular weight excluding hydrogens is 913 g/mol. The summed E-state index contributed by atoms with van der Waals surface area (Å²) in [6, 6.07) is 0. The molecule has 0 aliphatic heterocycles. The number of hydrogen-bond acceptors (Lipinski definition) is 6. The van der Waals surface area contributed by atoms with Crippen LogP contribution in [0, 0.1) is 0 Å². The lowest BCUT2D eigenvalue weighted by Gasteiger charge is -2.18. The molecule has 0 N–H and O–H groups in total. The van der Waals surface area contributed by atoms with Crippen LogP contribution in [0.15, 0.2) is 109 Å². The van der Waals surface area contributed by atoms with Gasteiger partial charge in [-0.3, -0.25) is 14.4 Å². The average molecular weight is 1030 g/mol. The van der Waals surface area contributed by atoms with Crippen molar-refractivity contribution in [2.24, 2.45) is 0 Å². The Labute approximate surface area is 457 Å². The van der Waals surface area contributed by atoms with Crippen LogP contribution in [0.25, 0.3) is 0 Å². The molecule has 1 unspecified atom stereocenters. The molecule has 6 nitrogen and oxygen atoms in total. The molecule has 422 valence electrons. The van der Waals surface area contributed by atoms with Crippen molar-refractivity contribution >= 4 is 17.9 Å². The fraction of sp³-hybridized carbons (Fsp3) is 0.691. The van der Waals surface area contributed by atoms with Crippen LogP contribution in [-0.2, 0) is 28.6 Å². The zero-order valence-electron chi connectivity index (χ0n) is 48.3. The molecule has 0 fully saturated rings. The first kappa shape index (κ1) is 70.1. The first-order valence-corrected chi connectivity index (χ1v) is 30.9. The number of esters is 3. The zero-order chi connectivity index (χ0) is 53.6. The molecule has 0 bridgehead atoms. The van der Waals surface area contributed by atoms with Gasteiger partial charge in [0.05, 0.1) is 0 Å². The third kappa shape index (κ3) is 59.0. The van der Waals surface area contributed by atoms with Crippen LogP contribution < -0.4 is 0 Å². The lowest BCUT2D eigenvalue weighted by atomic mass is 10.1. The van der Waals surface area contributed by atoms with Gasteiger partial charge in [-0.25, -0.2) is 0 Å². The number of ether oxygens (including phenoxy) is 3. The maximum atomic E-state index is 12.9. The van der Waals surface area contributed by atoms with Gasteiger partial charge in [0.25, 0.3) is 0 Å². The van der Waals surface area contributed by atoms with Crippen LogP contribution >= 0.6 is 0 Å². The second-order valence-electron chi connectivity index (χ2n) is 20.2. The normalized spacial score (nSPS) is 12.9. The standard InChI is InChI=1S/C68H114O6/c1-4-7-10-13-16-19-22-25-27-29-31-32-33-34-35-36-37-39-40-43-46-49-52-55-58-61-67(70)73-64-65(63-72-66(69)60-57-54-51-48-45-42-24-21-18-15-12-9-6-3)74-68(71)62-59-56-53-50-47-44-41-38-30-28-26-23-20-17-14-11-8-5-2/h7,9-10,12,16,18-19,21,25,27-28,30-32,34-35,42,45,65H,4-6,8,11,13-15,17,20,22-24,26,29,33,36-41,43-44,46-64H2,1-3H3/b10-7-,12-9-,19-16-,21-18-,27-25-,30-28-,32-31-,35-34-,45-42-. The van der Waals surface area contributed by atoms with Gasteiger partial charge in [0.2, 0.25) is 0 Å². The number of carbonyl (C=O) groups is 3. The van der Waals surface area contributed by atoms with Gasteiger partial charge in [-0.2, -0.15) is 0 Å². The maximum Gasteiger partial charge on any atom is 0.306 e. The molecule has 6 heteroatoms. The van der Waals surface area contributed by atoms with E-state index in [1.165, 1.54) is 122 Å². The minimum Gasteiger partial charge on any atom is -0.462 e. The van der Waals surface area contributed by atoms with Crippen molar-refractivity contribution in [1.29, 1.82) is 0 Å². The fourth-order valence-electron chi connectivity index (χ4n) is 8.42. The van der Waals surface area contributed by atoms with Crippen molar-refractivity contribution in [2.75, 3.05) is 13.2 Å². The molecule has 0 aromatic carbocycles. The van der Waals surface area contributed by atoms with Crippen LogP contribution in [0.1, 0.15) is 284 Å². The minimum atomic E-state index is -0.797. The molecule has 0 radical (unpaired) electrons. The fourth-order valence-corrected chi connectivity index (χ4v) is 8.42.